The van der Waals surface area contributed by atoms with E-state index in [-0.39, 0.29) is 17.0 Å². The molecular formula is C12H13ClN2O2. The van der Waals surface area contributed by atoms with Crippen molar-refractivity contribution >= 4 is 11.6 Å². The van der Waals surface area contributed by atoms with Gasteiger partial charge in [0.1, 0.15) is 0 Å². The van der Waals surface area contributed by atoms with E-state index in [1.807, 2.05) is 18.2 Å². The van der Waals surface area contributed by atoms with E-state index in [1.54, 1.807) is 0 Å². The minimum atomic E-state index is -0.565. The zero-order valence-electron chi connectivity index (χ0n) is 9.14. The highest BCUT2D eigenvalue weighted by Gasteiger charge is 2.16. The number of aromatic hydroxyl groups is 1. The zero-order valence-corrected chi connectivity index (χ0v) is 9.89. The number of nitrogens with one attached hydrogen (secondary N) is 1. The van der Waals surface area contributed by atoms with Crippen molar-refractivity contribution in [1.29, 1.82) is 0 Å². The quantitative estimate of drug-likeness (QED) is 0.806. The third kappa shape index (κ3) is 2.97. The average Bonchev–Trinajstić information content (AvgIpc) is 2.32. The fraction of sp³-hybridized carbons (Fsp3) is 0.333. The molecule has 17 heavy (non-hydrogen) atoms. The number of allylic oxidation sites excluding steroid dienone is 4. The van der Waals surface area contributed by atoms with E-state index in [0.29, 0.717) is 12.1 Å². The first-order chi connectivity index (χ1) is 8.16. The number of H-pyrrole nitrogens is 1. The molecule has 0 bridgehead atoms. The first-order valence-electron chi connectivity index (χ1n) is 5.43. The molecule has 90 valence electrons. The smallest absolute Gasteiger partial charge is 0.306 e. The lowest BCUT2D eigenvalue weighted by Crippen LogP contribution is -2.14. The minimum absolute atomic E-state index is 0.00337. The predicted molar refractivity (Wildman–Crippen MR) is 66.3 cm³/mol. The van der Waals surface area contributed by atoms with Gasteiger partial charge in [0.05, 0.1) is 11.1 Å². The summed E-state index contributed by atoms with van der Waals surface area (Å²) in [5, 5.41) is 15.4. The average molecular weight is 253 g/mol. The van der Waals surface area contributed by atoms with Crippen molar-refractivity contribution in [2.75, 3.05) is 0 Å². The molecule has 5 heteroatoms. The number of rotatable bonds is 3. The van der Waals surface area contributed by atoms with Crippen molar-refractivity contribution in [3.05, 3.63) is 46.4 Å². The van der Waals surface area contributed by atoms with Crippen LogP contribution < -0.4 is 5.56 Å². The molecule has 1 aliphatic carbocycles. The van der Waals surface area contributed by atoms with Gasteiger partial charge in [0, 0.05) is 6.07 Å². The molecule has 0 spiro atoms. The number of alkyl halides is 1. The second-order valence-electron chi connectivity index (χ2n) is 3.99. The molecule has 4 nitrogen and oxygen atoms in total. The molecule has 1 aliphatic rings. The maximum Gasteiger partial charge on any atom is 0.306 e. The van der Waals surface area contributed by atoms with Crippen LogP contribution in [0.3, 0.4) is 0 Å². The molecule has 0 radical (unpaired) electrons. The van der Waals surface area contributed by atoms with Crippen LogP contribution in [0.2, 0.25) is 0 Å². The molecule has 0 saturated heterocycles. The molecule has 2 rings (SSSR count). The molecule has 1 aromatic rings. The van der Waals surface area contributed by atoms with Crippen LogP contribution in [0.15, 0.2) is 35.2 Å². The first kappa shape index (κ1) is 11.9. The molecule has 2 atom stereocenters. The molecular weight excluding hydrogens is 240 g/mol. The second kappa shape index (κ2) is 5.19. The van der Waals surface area contributed by atoms with Crippen molar-refractivity contribution in [2.24, 2.45) is 5.92 Å². The normalized spacial score (nSPS) is 22.9. The topological polar surface area (TPSA) is 66.0 Å². The summed E-state index contributed by atoms with van der Waals surface area (Å²) in [4.78, 5) is 10.9. The van der Waals surface area contributed by atoms with Gasteiger partial charge in [-0.3, -0.25) is 4.79 Å². The Morgan fingerprint density at radius 2 is 2.18 bits per heavy atom. The number of hydrogen-bond acceptors (Lipinski definition) is 3. The Kier molecular flexibility index (Phi) is 3.64. The van der Waals surface area contributed by atoms with Crippen LogP contribution in [0.4, 0.5) is 0 Å². The highest BCUT2D eigenvalue weighted by atomic mass is 35.5. The van der Waals surface area contributed by atoms with Crippen LogP contribution >= 0.6 is 11.6 Å². The van der Waals surface area contributed by atoms with E-state index in [4.69, 9.17) is 11.6 Å². The van der Waals surface area contributed by atoms with Gasteiger partial charge in [0.15, 0.2) is 5.75 Å². The Hall–Kier alpha value is -1.55. The molecule has 0 aliphatic heterocycles. The molecule has 0 saturated carbocycles. The summed E-state index contributed by atoms with van der Waals surface area (Å²) in [7, 11) is 0. The van der Waals surface area contributed by atoms with Gasteiger partial charge in [-0.05, 0) is 18.8 Å². The van der Waals surface area contributed by atoms with Crippen LogP contribution in [0, 0.1) is 5.92 Å². The second-order valence-corrected chi connectivity index (χ2v) is 4.49. The lowest BCUT2D eigenvalue weighted by molar-refractivity contribution is 0.461. The minimum Gasteiger partial charge on any atom is -0.503 e. The van der Waals surface area contributed by atoms with Crippen LogP contribution in [-0.2, 0) is 6.42 Å². The summed E-state index contributed by atoms with van der Waals surface area (Å²) in [6.07, 6.45) is 9.40. The van der Waals surface area contributed by atoms with Crippen LogP contribution in [-0.4, -0.2) is 20.7 Å². The van der Waals surface area contributed by atoms with E-state index < -0.39 is 5.56 Å². The van der Waals surface area contributed by atoms with Gasteiger partial charge in [0.2, 0.25) is 0 Å². The summed E-state index contributed by atoms with van der Waals surface area (Å²) in [6.45, 7) is 0. The highest BCUT2D eigenvalue weighted by Crippen LogP contribution is 2.23. The summed E-state index contributed by atoms with van der Waals surface area (Å²) in [5.41, 5.74) is 0.0957. The molecule has 2 unspecified atom stereocenters. The number of aryl methyl sites for hydroxylation is 1. The van der Waals surface area contributed by atoms with Gasteiger partial charge in [0.25, 0.3) is 0 Å². The Balaban J connectivity index is 1.98. The van der Waals surface area contributed by atoms with Crippen molar-refractivity contribution in [1.82, 2.24) is 10.2 Å². The first-order valence-corrected chi connectivity index (χ1v) is 5.87. The Morgan fingerprint density at radius 3 is 2.88 bits per heavy atom. The van der Waals surface area contributed by atoms with Gasteiger partial charge < -0.3 is 5.11 Å². The van der Waals surface area contributed by atoms with Crippen molar-refractivity contribution in [2.45, 2.75) is 18.2 Å². The number of halogens is 1. The maximum absolute atomic E-state index is 10.9. The van der Waals surface area contributed by atoms with E-state index in [2.05, 4.69) is 16.3 Å². The van der Waals surface area contributed by atoms with Gasteiger partial charge in [-0.1, -0.05) is 24.3 Å². The van der Waals surface area contributed by atoms with Crippen LogP contribution in [0.25, 0.3) is 0 Å². The fourth-order valence-corrected chi connectivity index (χ4v) is 2.05. The zero-order chi connectivity index (χ0) is 12.3. The lowest BCUT2D eigenvalue weighted by Gasteiger charge is -2.17. The fourth-order valence-electron chi connectivity index (χ4n) is 1.76. The number of aromatic nitrogens is 2. The molecule has 0 amide bonds. The summed E-state index contributed by atoms with van der Waals surface area (Å²) in [5.74, 6) is -0.0333. The van der Waals surface area contributed by atoms with Gasteiger partial charge >= 0.3 is 5.56 Å². The van der Waals surface area contributed by atoms with Gasteiger partial charge in [-0.25, -0.2) is 5.10 Å². The third-order valence-electron chi connectivity index (χ3n) is 2.74. The number of nitrogens with zero attached hydrogens (tertiary/aromatic N) is 1. The number of aromatic amines is 1. The van der Waals surface area contributed by atoms with Crippen molar-refractivity contribution in [3.63, 3.8) is 0 Å². The Bertz CT molecular complexity index is 507. The molecule has 1 heterocycles. The van der Waals surface area contributed by atoms with Gasteiger partial charge in [-0.2, -0.15) is 5.10 Å². The predicted octanol–water partition coefficient (Wildman–Crippen LogP) is 1.76. The van der Waals surface area contributed by atoms with E-state index in [1.165, 1.54) is 6.07 Å². The van der Waals surface area contributed by atoms with Crippen LogP contribution in [0.5, 0.6) is 5.75 Å². The van der Waals surface area contributed by atoms with E-state index in [9.17, 15) is 9.90 Å². The largest absolute Gasteiger partial charge is 0.503 e. The highest BCUT2D eigenvalue weighted by molar-refractivity contribution is 6.22. The Morgan fingerprint density at radius 1 is 1.41 bits per heavy atom. The molecule has 2 N–H and O–H groups in total. The van der Waals surface area contributed by atoms with E-state index in [0.717, 1.165) is 6.42 Å². The Labute approximate surface area is 104 Å². The van der Waals surface area contributed by atoms with Crippen LogP contribution in [0.1, 0.15) is 12.1 Å². The SMILES string of the molecule is O=c1[nH]nc(CCC2C=CC=CC2Cl)cc1O. The third-order valence-corrected chi connectivity index (χ3v) is 3.21. The summed E-state index contributed by atoms with van der Waals surface area (Å²) >= 11 is 6.14. The molecule has 0 fully saturated rings. The lowest BCUT2D eigenvalue weighted by atomic mass is 9.94. The van der Waals surface area contributed by atoms with Crippen molar-refractivity contribution < 1.29 is 5.11 Å². The molecule has 0 aromatic carbocycles. The molecule has 1 aromatic heterocycles. The monoisotopic (exact) mass is 252 g/mol. The summed E-state index contributed by atoms with van der Waals surface area (Å²) < 4.78 is 0. The maximum atomic E-state index is 10.9. The standard InChI is InChI=1S/C12H13ClN2O2/c13-10-4-2-1-3-8(10)5-6-9-7-11(16)12(17)15-14-9/h1-4,7-8,10H,5-6H2,(H,14,16)(H,15,17). The van der Waals surface area contributed by atoms with E-state index >= 15 is 0 Å². The van der Waals surface area contributed by atoms with Gasteiger partial charge in [-0.15, -0.1) is 11.6 Å². The summed E-state index contributed by atoms with van der Waals surface area (Å²) in [6, 6.07) is 1.39. The number of hydrogen-bond donors (Lipinski definition) is 2. The van der Waals surface area contributed by atoms with Crippen molar-refractivity contribution in [3.8, 4) is 5.75 Å².